The van der Waals surface area contributed by atoms with Gasteiger partial charge in [0.05, 0.1) is 0 Å². The molecule has 13 heavy (non-hydrogen) atoms. The van der Waals surface area contributed by atoms with E-state index in [4.69, 9.17) is 5.73 Å². The van der Waals surface area contributed by atoms with Crippen LogP contribution < -0.4 is 5.73 Å². The predicted octanol–water partition coefficient (Wildman–Crippen LogP) is 0.982. The summed E-state index contributed by atoms with van der Waals surface area (Å²) in [5.74, 6) is 0.947. The van der Waals surface area contributed by atoms with E-state index in [1.807, 2.05) is 11.8 Å². The molecule has 1 rings (SSSR count). The van der Waals surface area contributed by atoms with Crippen LogP contribution in [0.2, 0.25) is 0 Å². The fourth-order valence-corrected chi connectivity index (χ4v) is 1.80. The van der Waals surface area contributed by atoms with Gasteiger partial charge in [-0.25, -0.2) is 0 Å². The smallest absolute Gasteiger partial charge is 0.224 e. The number of rotatable bonds is 3. The zero-order chi connectivity index (χ0) is 9.84. The van der Waals surface area contributed by atoms with Crippen molar-refractivity contribution in [2.45, 2.75) is 39.2 Å². The minimum absolute atomic E-state index is 0.00632. The molecule has 0 aromatic carbocycles. The van der Waals surface area contributed by atoms with Crippen molar-refractivity contribution < 1.29 is 4.79 Å². The molecule has 2 atom stereocenters. The van der Waals surface area contributed by atoms with E-state index in [1.54, 1.807) is 0 Å². The third kappa shape index (κ3) is 2.99. The summed E-state index contributed by atoms with van der Waals surface area (Å²) in [6.45, 7) is 5.95. The molecule has 1 heterocycles. The maximum absolute atomic E-state index is 11.6. The summed E-state index contributed by atoms with van der Waals surface area (Å²) in [5, 5.41) is 0. The molecule has 1 aliphatic heterocycles. The highest BCUT2D eigenvalue weighted by Crippen LogP contribution is 2.19. The van der Waals surface area contributed by atoms with Crippen molar-refractivity contribution in [1.29, 1.82) is 0 Å². The average Bonchev–Trinajstić information content (AvgIpc) is 2.50. The van der Waals surface area contributed by atoms with Gasteiger partial charge in [-0.15, -0.1) is 0 Å². The second-order valence-electron chi connectivity index (χ2n) is 4.08. The molecule has 1 fully saturated rings. The Morgan fingerprint density at radius 2 is 2.38 bits per heavy atom. The van der Waals surface area contributed by atoms with Crippen molar-refractivity contribution in [2.75, 3.05) is 13.1 Å². The van der Waals surface area contributed by atoms with Gasteiger partial charge in [0.2, 0.25) is 5.91 Å². The quantitative estimate of drug-likeness (QED) is 0.710. The van der Waals surface area contributed by atoms with Crippen molar-refractivity contribution in [3.8, 4) is 0 Å². The lowest BCUT2D eigenvalue weighted by atomic mass is 10.1. The topological polar surface area (TPSA) is 46.3 Å². The maximum Gasteiger partial charge on any atom is 0.224 e. The van der Waals surface area contributed by atoms with Gasteiger partial charge >= 0.3 is 0 Å². The highest BCUT2D eigenvalue weighted by molar-refractivity contribution is 5.77. The van der Waals surface area contributed by atoms with Gasteiger partial charge in [0.1, 0.15) is 0 Å². The molecular weight excluding hydrogens is 164 g/mol. The van der Waals surface area contributed by atoms with Crippen LogP contribution in [0.15, 0.2) is 0 Å². The van der Waals surface area contributed by atoms with Crippen LogP contribution in [0.3, 0.4) is 0 Å². The molecule has 1 aliphatic rings. The predicted molar refractivity (Wildman–Crippen MR) is 53.2 cm³/mol. The van der Waals surface area contributed by atoms with Crippen molar-refractivity contribution in [2.24, 2.45) is 11.7 Å². The Hall–Kier alpha value is -0.570. The Bertz CT molecular complexity index is 180. The molecule has 3 heteroatoms. The van der Waals surface area contributed by atoms with Crippen LogP contribution in [0.25, 0.3) is 0 Å². The van der Waals surface area contributed by atoms with Crippen molar-refractivity contribution in [3.05, 3.63) is 0 Å². The Morgan fingerprint density at radius 1 is 1.69 bits per heavy atom. The normalized spacial score (nSPS) is 24.8. The number of carbonyl (C=O) groups excluding carboxylic acids is 1. The van der Waals surface area contributed by atoms with Crippen molar-refractivity contribution in [1.82, 2.24) is 4.90 Å². The van der Waals surface area contributed by atoms with Crippen LogP contribution in [0, 0.1) is 5.92 Å². The van der Waals surface area contributed by atoms with Crippen LogP contribution in [-0.4, -0.2) is 29.9 Å². The van der Waals surface area contributed by atoms with Crippen LogP contribution >= 0.6 is 0 Å². The van der Waals surface area contributed by atoms with Gasteiger partial charge in [-0.3, -0.25) is 4.79 Å². The number of carbonyl (C=O) groups is 1. The Kier molecular flexibility index (Phi) is 3.72. The fraction of sp³-hybridized carbons (Fsp3) is 0.900. The highest BCUT2D eigenvalue weighted by atomic mass is 16.2. The standard InChI is InChI=1S/C10H20N2O/c1-3-9-4-5-12(7-9)10(13)6-8(2)11/h8-9H,3-7,11H2,1-2H3. The zero-order valence-electron chi connectivity index (χ0n) is 8.62. The Labute approximate surface area is 80.3 Å². The molecule has 0 saturated carbocycles. The maximum atomic E-state index is 11.6. The first-order valence-electron chi connectivity index (χ1n) is 5.16. The second-order valence-corrected chi connectivity index (χ2v) is 4.08. The zero-order valence-corrected chi connectivity index (χ0v) is 8.62. The number of likely N-dealkylation sites (tertiary alicyclic amines) is 1. The van der Waals surface area contributed by atoms with E-state index in [0.29, 0.717) is 6.42 Å². The average molecular weight is 184 g/mol. The molecule has 0 spiro atoms. The molecule has 3 nitrogen and oxygen atoms in total. The first-order valence-corrected chi connectivity index (χ1v) is 5.16. The molecule has 0 radical (unpaired) electrons. The lowest BCUT2D eigenvalue weighted by Crippen LogP contribution is -2.33. The SMILES string of the molecule is CCC1CCN(C(=O)CC(C)N)C1. The first-order chi connectivity index (χ1) is 6.13. The van der Waals surface area contributed by atoms with E-state index in [1.165, 1.54) is 12.8 Å². The Balaban J connectivity index is 2.33. The molecule has 1 saturated heterocycles. The minimum Gasteiger partial charge on any atom is -0.342 e. The van der Waals surface area contributed by atoms with Gasteiger partial charge in [0.15, 0.2) is 0 Å². The van der Waals surface area contributed by atoms with E-state index in [9.17, 15) is 4.79 Å². The summed E-state index contributed by atoms with van der Waals surface area (Å²) >= 11 is 0. The van der Waals surface area contributed by atoms with Crippen molar-refractivity contribution in [3.63, 3.8) is 0 Å². The summed E-state index contributed by atoms with van der Waals surface area (Å²) in [4.78, 5) is 13.5. The molecule has 0 aromatic heterocycles. The van der Waals surface area contributed by atoms with Crippen LogP contribution in [0.4, 0.5) is 0 Å². The monoisotopic (exact) mass is 184 g/mol. The molecule has 2 unspecified atom stereocenters. The van der Waals surface area contributed by atoms with Gasteiger partial charge in [-0.2, -0.15) is 0 Å². The second kappa shape index (κ2) is 4.61. The molecule has 2 N–H and O–H groups in total. The largest absolute Gasteiger partial charge is 0.342 e. The lowest BCUT2D eigenvalue weighted by Gasteiger charge is -2.17. The Morgan fingerprint density at radius 3 is 2.85 bits per heavy atom. The van der Waals surface area contributed by atoms with Gasteiger partial charge in [0, 0.05) is 25.6 Å². The van der Waals surface area contributed by atoms with Gasteiger partial charge in [-0.1, -0.05) is 13.3 Å². The minimum atomic E-state index is -0.00632. The van der Waals surface area contributed by atoms with Gasteiger partial charge in [0.25, 0.3) is 0 Å². The number of hydrogen-bond acceptors (Lipinski definition) is 2. The third-order valence-electron chi connectivity index (χ3n) is 2.71. The van der Waals surface area contributed by atoms with Gasteiger partial charge < -0.3 is 10.6 Å². The molecule has 0 aromatic rings. The fourth-order valence-electron chi connectivity index (χ4n) is 1.80. The van der Waals surface area contributed by atoms with Crippen LogP contribution in [0.5, 0.6) is 0 Å². The number of hydrogen-bond donors (Lipinski definition) is 1. The third-order valence-corrected chi connectivity index (χ3v) is 2.71. The van der Waals surface area contributed by atoms with Crippen LogP contribution in [-0.2, 0) is 4.79 Å². The summed E-state index contributed by atoms with van der Waals surface area (Å²) in [6.07, 6.45) is 2.85. The lowest BCUT2D eigenvalue weighted by molar-refractivity contribution is -0.130. The van der Waals surface area contributed by atoms with E-state index in [2.05, 4.69) is 6.92 Å². The summed E-state index contributed by atoms with van der Waals surface area (Å²) < 4.78 is 0. The molecule has 0 bridgehead atoms. The highest BCUT2D eigenvalue weighted by Gasteiger charge is 2.24. The number of nitrogens with zero attached hydrogens (tertiary/aromatic N) is 1. The number of amides is 1. The number of nitrogens with two attached hydrogens (primary N) is 1. The summed E-state index contributed by atoms with van der Waals surface area (Å²) in [7, 11) is 0. The first kappa shape index (κ1) is 10.5. The molecular formula is C10H20N2O. The summed E-state index contributed by atoms with van der Waals surface area (Å²) in [5.41, 5.74) is 5.58. The molecule has 76 valence electrons. The van der Waals surface area contributed by atoms with E-state index < -0.39 is 0 Å². The van der Waals surface area contributed by atoms with Gasteiger partial charge in [-0.05, 0) is 19.3 Å². The molecule has 1 amide bonds. The van der Waals surface area contributed by atoms with Crippen molar-refractivity contribution >= 4 is 5.91 Å². The van der Waals surface area contributed by atoms with Crippen LogP contribution in [0.1, 0.15) is 33.1 Å². The molecule has 0 aliphatic carbocycles. The summed E-state index contributed by atoms with van der Waals surface area (Å²) in [6, 6.07) is -0.00632. The van der Waals surface area contributed by atoms with E-state index in [0.717, 1.165) is 19.0 Å². The van der Waals surface area contributed by atoms with E-state index >= 15 is 0 Å². The van der Waals surface area contributed by atoms with E-state index in [-0.39, 0.29) is 11.9 Å².